The maximum Gasteiger partial charge on any atom is 0.164 e. The molecule has 0 saturated heterocycles. The summed E-state index contributed by atoms with van der Waals surface area (Å²) in [5, 5.41) is 7.48. The molecule has 0 unspecified atom stereocenters. The topological polar surface area (TPSA) is 39.1 Å². The van der Waals surface area contributed by atoms with E-state index in [9.17, 15) is 0 Å². The van der Waals surface area contributed by atoms with E-state index in [0.29, 0.717) is 0 Å². The largest absolute Gasteiger partial charge is 0.493 e. The molecule has 0 radical (unpaired) electrons. The van der Waals surface area contributed by atoms with Crippen molar-refractivity contribution in [2.45, 2.75) is 6.42 Å². The molecule has 0 aromatic carbocycles. The predicted octanol–water partition coefficient (Wildman–Crippen LogP) is 0.805. The smallest absolute Gasteiger partial charge is 0.164 e. The Morgan fingerprint density at radius 1 is 1.57 bits per heavy atom. The monoisotopic (exact) mass is 193 g/mol. The van der Waals surface area contributed by atoms with Crippen molar-refractivity contribution in [2.24, 2.45) is 7.05 Å². The highest BCUT2D eigenvalue weighted by atomic mass is 16.5. The van der Waals surface area contributed by atoms with Gasteiger partial charge in [0.1, 0.15) is 5.69 Å². The van der Waals surface area contributed by atoms with E-state index in [4.69, 9.17) is 4.74 Å². The molecule has 0 fully saturated rings. The number of rotatable bonds is 2. The van der Waals surface area contributed by atoms with Gasteiger partial charge >= 0.3 is 0 Å². The van der Waals surface area contributed by atoms with Gasteiger partial charge in [0.05, 0.1) is 13.3 Å². The van der Waals surface area contributed by atoms with Crippen LogP contribution >= 0.6 is 0 Å². The van der Waals surface area contributed by atoms with Crippen molar-refractivity contribution in [2.75, 3.05) is 20.2 Å². The van der Waals surface area contributed by atoms with E-state index in [1.807, 2.05) is 11.7 Å². The van der Waals surface area contributed by atoms with E-state index < -0.39 is 0 Å². The first-order valence-electron chi connectivity index (χ1n) is 4.79. The quantitative estimate of drug-likeness (QED) is 0.755. The average molecular weight is 193 g/mol. The Bertz CT molecular complexity index is 354. The molecule has 0 saturated carbocycles. The molecule has 4 heteroatoms. The summed E-state index contributed by atoms with van der Waals surface area (Å²) in [4.78, 5) is 0. The van der Waals surface area contributed by atoms with Gasteiger partial charge in [-0.1, -0.05) is 6.08 Å². The Morgan fingerprint density at radius 2 is 2.43 bits per heavy atom. The second-order valence-corrected chi connectivity index (χ2v) is 3.37. The molecule has 2 rings (SSSR count). The minimum atomic E-state index is 0.862. The molecule has 0 bridgehead atoms. The minimum Gasteiger partial charge on any atom is -0.493 e. The summed E-state index contributed by atoms with van der Waals surface area (Å²) < 4.78 is 7.15. The van der Waals surface area contributed by atoms with Gasteiger partial charge in [0.25, 0.3) is 0 Å². The SMILES string of the molecule is COc1cnn(C)c1C1=CCNCC1. The van der Waals surface area contributed by atoms with E-state index in [-0.39, 0.29) is 0 Å². The van der Waals surface area contributed by atoms with Crippen molar-refractivity contribution in [3.05, 3.63) is 18.0 Å². The molecule has 0 amide bonds. The lowest BCUT2D eigenvalue weighted by atomic mass is 10.1. The van der Waals surface area contributed by atoms with E-state index in [0.717, 1.165) is 31.0 Å². The Hall–Kier alpha value is -1.29. The van der Waals surface area contributed by atoms with Crippen molar-refractivity contribution in [1.82, 2.24) is 15.1 Å². The summed E-state index contributed by atoms with van der Waals surface area (Å²) in [5.74, 6) is 0.862. The molecule has 14 heavy (non-hydrogen) atoms. The first-order chi connectivity index (χ1) is 6.83. The molecule has 1 aromatic heterocycles. The molecule has 0 atom stereocenters. The van der Waals surface area contributed by atoms with Gasteiger partial charge in [-0.25, -0.2) is 0 Å². The van der Waals surface area contributed by atoms with Gasteiger partial charge in [0.2, 0.25) is 0 Å². The maximum absolute atomic E-state index is 5.27. The van der Waals surface area contributed by atoms with Crippen LogP contribution in [0.5, 0.6) is 5.75 Å². The third-order valence-electron chi connectivity index (χ3n) is 2.49. The lowest BCUT2D eigenvalue weighted by Gasteiger charge is -2.15. The molecular weight excluding hydrogens is 178 g/mol. The second-order valence-electron chi connectivity index (χ2n) is 3.37. The lowest BCUT2D eigenvalue weighted by Crippen LogP contribution is -2.20. The van der Waals surface area contributed by atoms with Crippen LogP contribution in [0.2, 0.25) is 0 Å². The van der Waals surface area contributed by atoms with E-state index >= 15 is 0 Å². The number of methoxy groups -OCH3 is 1. The molecule has 1 aliphatic rings. The Morgan fingerprint density at radius 3 is 3.07 bits per heavy atom. The highest BCUT2D eigenvalue weighted by molar-refractivity contribution is 5.68. The van der Waals surface area contributed by atoms with Crippen LogP contribution < -0.4 is 10.1 Å². The van der Waals surface area contributed by atoms with Crippen LogP contribution in [0.3, 0.4) is 0 Å². The van der Waals surface area contributed by atoms with Crippen LogP contribution in [0.25, 0.3) is 5.57 Å². The second kappa shape index (κ2) is 3.84. The zero-order valence-electron chi connectivity index (χ0n) is 8.58. The molecule has 2 heterocycles. The minimum absolute atomic E-state index is 0.862. The molecule has 76 valence electrons. The summed E-state index contributed by atoms with van der Waals surface area (Å²) >= 11 is 0. The molecule has 1 aliphatic heterocycles. The van der Waals surface area contributed by atoms with Gasteiger partial charge in [0.15, 0.2) is 5.75 Å². The fourth-order valence-corrected chi connectivity index (χ4v) is 1.77. The fourth-order valence-electron chi connectivity index (χ4n) is 1.77. The summed E-state index contributed by atoms with van der Waals surface area (Å²) in [7, 11) is 3.63. The van der Waals surface area contributed by atoms with Gasteiger partial charge in [0, 0.05) is 13.6 Å². The van der Waals surface area contributed by atoms with Crippen LogP contribution in [-0.4, -0.2) is 30.0 Å². The number of ether oxygens (including phenoxy) is 1. The van der Waals surface area contributed by atoms with Gasteiger partial charge in [-0.15, -0.1) is 0 Å². The van der Waals surface area contributed by atoms with Crippen LogP contribution in [0.1, 0.15) is 12.1 Å². The van der Waals surface area contributed by atoms with E-state index in [2.05, 4.69) is 16.5 Å². The number of aryl methyl sites for hydroxylation is 1. The predicted molar refractivity (Wildman–Crippen MR) is 55.2 cm³/mol. The van der Waals surface area contributed by atoms with Gasteiger partial charge in [-0.3, -0.25) is 4.68 Å². The zero-order valence-corrected chi connectivity index (χ0v) is 8.58. The first-order valence-corrected chi connectivity index (χ1v) is 4.79. The molecule has 0 aliphatic carbocycles. The van der Waals surface area contributed by atoms with Crippen LogP contribution in [0.15, 0.2) is 12.3 Å². The van der Waals surface area contributed by atoms with Crippen molar-refractivity contribution < 1.29 is 4.74 Å². The zero-order chi connectivity index (χ0) is 9.97. The molecular formula is C10H15N3O. The van der Waals surface area contributed by atoms with Gasteiger partial charge in [-0.05, 0) is 18.5 Å². The summed E-state index contributed by atoms with van der Waals surface area (Å²) in [6, 6.07) is 0. The number of aromatic nitrogens is 2. The number of nitrogens with one attached hydrogen (secondary N) is 1. The normalized spacial score (nSPS) is 16.6. The molecule has 1 N–H and O–H groups in total. The summed E-state index contributed by atoms with van der Waals surface area (Å²) in [5.41, 5.74) is 2.43. The van der Waals surface area contributed by atoms with Crippen LogP contribution in [0, 0.1) is 0 Å². The molecule has 1 aromatic rings. The van der Waals surface area contributed by atoms with Crippen molar-refractivity contribution in [3.63, 3.8) is 0 Å². The fraction of sp³-hybridized carbons (Fsp3) is 0.500. The third-order valence-corrected chi connectivity index (χ3v) is 2.49. The number of nitrogens with zero attached hydrogens (tertiary/aromatic N) is 2. The van der Waals surface area contributed by atoms with Crippen molar-refractivity contribution in [1.29, 1.82) is 0 Å². The summed E-state index contributed by atoms with van der Waals surface area (Å²) in [6.45, 7) is 1.96. The van der Waals surface area contributed by atoms with E-state index in [1.54, 1.807) is 13.3 Å². The maximum atomic E-state index is 5.27. The van der Waals surface area contributed by atoms with Crippen LogP contribution in [0.4, 0.5) is 0 Å². The summed E-state index contributed by atoms with van der Waals surface area (Å²) in [6.07, 6.45) is 5.00. The molecule has 4 nitrogen and oxygen atoms in total. The Kier molecular flexibility index (Phi) is 2.54. The number of hydrogen-bond donors (Lipinski definition) is 1. The third kappa shape index (κ3) is 1.53. The highest BCUT2D eigenvalue weighted by Gasteiger charge is 2.15. The Labute approximate surface area is 83.6 Å². The van der Waals surface area contributed by atoms with Crippen molar-refractivity contribution in [3.8, 4) is 5.75 Å². The van der Waals surface area contributed by atoms with Crippen LogP contribution in [-0.2, 0) is 7.05 Å². The van der Waals surface area contributed by atoms with E-state index in [1.165, 1.54) is 5.57 Å². The molecule has 0 spiro atoms. The highest BCUT2D eigenvalue weighted by Crippen LogP contribution is 2.27. The lowest BCUT2D eigenvalue weighted by molar-refractivity contribution is 0.412. The van der Waals surface area contributed by atoms with Gasteiger partial charge in [-0.2, -0.15) is 5.10 Å². The number of hydrogen-bond acceptors (Lipinski definition) is 3. The first kappa shape index (κ1) is 9.27. The standard InChI is InChI=1S/C10H15N3O/c1-13-10(9(14-2)7-12-13)8-3-5-11-6-4-8/h3,7,11H,4-6H2,1-2H3. The Balaban J connectivity index is 2.38. The average Bonchev–Trinajstić information content (AvgIpc) is 2.61. The van der Waals surface area contributed by atoms with Gasteiger partial charge < -0.3 is 10.1 Å². The van der Waals surface area contributed by atoms with Crippen molar-refractivity contribution >= 4 is 5.57 Å².